The number of fused-ring (bicyclic) bond motifs is 1. The fraction of sp³-hybridized carbons (Fsp3) is 0.357. The largest absolute Gasteiger partial charge is 0.399 e. The first kappa shape index (κ1) is 12.4. The topological polar surface area (TPSA) is 47.1 Å². The number of rotatable bonds is 2. The summed E-state index contributed by atoms with van der Waals surface area (Å²) in [6.45, 7) is 1.82. The van der Waals surface area contributed by atoms with Gasteiger partial charge in [0.05, 0.1) is 12.7 Å². The first-order chi connectivity index (χ1) is 9.15. The van der Waals surface area contributed by atoms with E-state index in [0.717, 1.165) is 37.4 Å². The van der Waals surface area contributed by atoms with Gasteiger partial charge in [-0.1, -0.05) is 11.6 Å². The Morgan fingerprint density at radius 1 is 1.42 bits per heavy atom. The van der Waals surface area contributed by atoms with E-state index in [2.05, 4.69) is 22.0 Å². The quantitative estimate of drug-likeness (QED) is 0.858. The van der Waals surface area contributed by atoms with Crippen molar-refractivity contribution in [1.82, 2.24) is 9.55 Å². The van der Waals surface area contributed by atoms with Crippen molar-refractivity contribution >= 4 is 23.0 Å². The monoisotopic (exact) mass is 276 g/mol. The number of aryl methyl sites for hydroxylation is 1. The molecule has 1 aliphatic rings. The maximum Gasteiger partial charge on any atom is 0.129 e. The number of hydrogen-bond donors (Lipinski definition) is 1. The zero-order valence-electron chi connectivity index (χ0n) is 10.9. The van der Waals surface area contributed by atoms with Gasteiger partial charge in [0, 0.05) is 25.0 Å². The zero-order valence-corrected chi connectivity index (χ0v) is 11.7. The molecule has 0 radical (unpaired) electrons. The molecule has 3 rings (SSSR count). The van der Waals surface area contributed by atoms with Crippen LogP contribution in [-0.4, -0.2) is 16.1 Å². The first-order valence-corrected chi connectivity index (χ1v) is 6.82. The van der Waals surface area contributed by atoms with Gasteiger partial charge in [0.15, 0.2) is 0 Å². The summed E-state index contributed by atoms with van der Waals surface area (Å²) in [6, 6.07) is 6.14. The predicted molar refractivity (Wildman–Crippen MR) is 78.4 cm³/mol. The van der Waals surface area contributed by atoms with Crippen LogP contribution < -0.4 is 10.6 Å². The van der Waals surface area contributed by atoms with Crippen molar-refractivity contribution in [2.24, 2.45) is 7.05 Å². The first-order valence-electron chi connectivity index (χ1n) is 6.44. The Kier molecular flexibility index (Phi) is 3.11. The maximum absolute atomic E-state index is 6.03. The number of anilines is 2. The van der Waals surface area contributed by atoms with Crippen LogP contribution in [0.4, 0.5) is 11.4 Å². The standard InChI is InChI=1S/C14H17ClN4/c1-18-13(15)8-17-14(18)9-19-6-2-3-10-7-11(16)4-5-12(10)19/h4-5,7-8H,2-3,6,9,16H2,1H3. The highest BCUT2D eigenvalue weighted by Gasteiger charge is 2.18. The summed E-state index contributed by atoms with van der Waals surface area (Å²) in [7, 11) is 1.94. The minimum atomic E-state index is 0.671. The van der Waals surface area contributed by atoms with Crippen molar-refractivity contribution in [2.45, 2.75) is 19.4 Å². The highest BCUT2D eigenvalue weighted by molar-refractivity contribution is 6.29. The van der Waals surface area contributed by atoms with Crippen molar-refractivity contribution in [3.05, 3.63) is 40.9 Å². The second-order valence-corrected chi connectivity index (χ2v) is 5.36. The smallest absolute Gasteiger partial charge is 0.129 e. The zero-order chi connectivity index (χ0) is 13.4. The molecule has 0 amide bonds. The molecule has 0 bridgehead atoms. The summed E-state index contributed by atoms with van der Waals surface area (Å²) in [5.74, 6) is 0.981. The molecule has 100 valence electrons. The van der Waals surface area contributed by atoms with Gasteiger partial charge in [-0.15, -0.1) is 0 Å². The lowest BCUT2D eigenvalue weighted by Gasteiger charge is -2.31. The number of imidazole rings is 1. The van der Waals surface area contributed by atoms with Crippen molar-refractivity contribution in [1.29, 1.82) is 0 Å². The van der Waals surface area contributed by atoms with Gasteiger partial charge in [0.2, 0.25) is 0 Å². The SMILES string of the molecule is Cn1c(Cl)cnc1CN1CCCc2cc(N)ccc21. The highest BCUT2D eigenvalue weighted by Crippen LogP contribution is 2.30. The molecule has 5 heteroatoms. The van der Waals surface area contributed by atoms with Crippen molar-refractivity contribution in [3.8, 4) is 0 Å². The van der Waals surface area contributed by atoms with Gasteiger partial charge < -0.3 is 15.2 Å². The third-order valence-electron chi connectivity index (χ3n) is 3.68. The molecule has 1 aromatic heterocycles. The van der Waals surface area contributed by atoms with E-state index in [9.17, 15) is 0 Å². The lowest BCUT2D eigenvalue weighted by Crippen LogP contribution is -2.30. The van der Waals surface area contributed by atoms with Crippen LogP contribution in [0.3, 0.4) is 0 Å². The number of hydrogen-bond acceptors (Lipinski definition) is 3. The maximum atomic E-state index is 6.03. The normalized spacial score (nSPS) is 14.5. The Hall–Kier alpha value is -1.68. The molecule has 0 atom stereocenters. The molecule has 0 spiro atoms. The van der Waals surface area contributed by atoms with Crippen molar-refractivity contribution in [3.63, 3.8) is 0 Å². The van der Waals surface area contributed by atoms with Gasteiger partial charge in [-0.2, -0.15) is 0 Å². The lowest BCUT2D eigenvalue weighted by molar-refractivity contribution is 0.658. The molecular weight excluding hydrogens is 260 g/mol. The molecule has 0 aliphatic carbocycles. The summed E-state index contributed by atoms with van der Waals surface area (Å²) in [5, 5.41) is 0.671. The number of aromatic nitrogens is 2. The molecule has 2 aromatic rings. The van der Waals surface area contributed by atoms with E-state index >= 15 is 0 Å². The minimum Gasteiger partial charge on any atom is -0.399 e. The van der Waals surface area contributed by atoms with Crippen molar-refractivity contribution < 1.29 is 0 Å². The fourth-order valence-corrected chi connectivity index (χ4v) is 2.75. The molecular formula is C14H17ClN4. The molecule has 0 fully saturated rings. The van der Waals surface area contributed by atoms with E-state index in [-0.39, 0.29) is 0 Å². The summed E-state index contributed by atoms with van der Waals surface area (Å²) in [4.78, 5) is 6.71. The van der Waals surface area contributed by atoms with Gasteiger partial charge in [0.1, 0.15) is 11.0 Å². The third-order valence-corrected chi connectivity index (χ3v) is 4.03. The minimum absolute atomic E-state index is 0.671. The van der Waals surface area contributed by atoms with Gasteiger partial charge >= 0.3 is 0 Å². The number of nitrogens with two attached hydrogens (primary N) is 1. The van der Waals surface area contributed by atoms with E-state index in [4.69, 9.17) is 17.3 Å². The predicted octanol–water partition coefficient (Wildman–Crippen LogP) is 2.61. The van der Waals surface area contributed by atoms with Gasteiger partial charge in [-0.25, -0.2) is 4.98 Å². The van der Waals surface area contributed by atoms with Crippen LogP contribution in [0.25, 0.3) is 0 Å². The molecule has 19 heavy (non-hydrogen) atoms. The summed E-state index contributed by atoms with van der Waals surface area (Å²) >= 11 is 6.03. The molecule has 0 saturated carbocycles. The Labute approximate surface area is 117 Å². The van der Waals surface area contributed by atoms with Crippen LogP contribution in [0, 0.1) is 0 Å². The van der Waals surface area contributed by atoms with Gasteiger partial charge in [-0.3, -0.25) is 0 Å². The molecule has 1 aliphatic heterocycles. The highest BCUT2D eigenvalue weighted by atomic mass is 35.5. The average Bonchev–Trinajstić information content (AvgIpc) is 2.71. The Balaban J connectivity index is 1.90. The van der Waals surface area contributed by atoms with E-state index in [1.807, 2.05) is 17.7 Å². The third kappa shape index (κ3) is 2.28. The molecule has 2 N–H and O–H groups in total. The van der Waals surface area contributed by atoms with E-state index < -0.39 is 0 Å². The number of nitrogens with zero attached hydrogens (tertiary/aromatic N) is 3. The summed E-state index contributed by atoms with van der Waals surface area (Å²) in [6.07, 6.45) is 3.94. The van der Waals surface area contributed by atoms with E-state index in [1.54, 1.807) is 6.20 Å². The Bertz CT molecular complexity index is 605. The van der Waals surface area contributed by atoms with Crippen molar-refractivity contribution in [2.75, 3.05) is 17.2 Å². The van der Waals surface area contributed by atoms with E-state index in [1.165, 1.54) is 11.3 Å². The van der Waals surface area contributed by atoms with Crippen LogP contribution in [0.1, 0.15) is 17.8 Å². The number of benzene rings is 1. The summed E-state index contributed by atoms with van der Waals surface area (Å²) < 4.78 is 1.92. The second-order valence-electron chi connectivity index (χ2n) is 4.97. The van der Waals surface area contributed by atoms with Gasteiger partial charge in [0.25, 0.3) is 0 Å². The molecule has 2 heterocycles. The van der Waals surface area contributed by atoms with E-state index in [0.29, 0.717) is 5.15 Å². The molecule has 1 aromatic carbocycles. The van der Waals surface area contributed by atoms with Crippen LogP contribution in [0.5, 0.6) is 0 Å². The van der Waals surface area contributed by atoms with Gasteiger partial charge in [-0.05, 0) is 36.6 Å². The fourth-order valence-electron chi connectivity index (χ4n) is 2.60. The lowest BCUT2D eigenvalue weighted by atomic mass is 10.0. The van der Waals surface area contributed by atoms with Crippen LogP contribution in [-0.2, 0) is 20.0 Å². The number of nitrogen functional groups attached to an aromatic ring is 1. The number of halogens is 1. The second kappa shape index (κ2) is 4.78. The average molecular weight is 277 g/mol. The Morgan fingerprint density at radius 3 is 3.00 bits per heavy atom. The molecule has 0 unspecified atom stereocenters. The Morgan fingerprint density at radius 2 is 2.26 bits per heavy atom. The molecule has 4 nitrogen and oxygen atoms in total. The van der Waals surface area contributed by atoms with Crippen LogP contribution >= 0.6 is 11.6 Å². The summed E-state index contributed by atoms with van der Waals surface area (Å²) in [5.41, 5.74) is 9.28. The van der Waals surface area contributed by atoms with Crippen LogP contribution in [0.2, 0.25) is 5.15 Å². The van der Waals surface area contributed by atoms with Crippen LogP contribution in [0.15, 0.2) is 24.4 Å². The molecule has 0 saturated heterocycles.